The second-order valence-electron chi connectivity index (χ2n) is 4.29. The molecule has 1 fully saturated rings. The van der Waals surface area contributed by atoms with E-state index in [1.807, 2.05) is 13.8 Å². The van der Waals surface area contributed by atoms with E-state index in [-0.39, 0.29) is 18.8 Å². The fourth-order valence-corrected chi connectivity index (χ4v) is 2.33. The van der Waals surface area contributed by atoms with Gasteiger partial charge in [-0.25, -0.2) is 9.97 Å². The molecule has 94 valence electrons. The summed E-state index contributed by atoms with van der Waals surface area (Å²) in [5.41, 5.74) is 0.579. The molecule has 0 bridgehead atoms. The van der Waals surface area contributed by atoms with E-state index in [2.05, 4.69) is 14.9 Å². The number of aromatic nitrogens is 2. The summed E-state index contributed by atoms with van der Waals surface area (Å²) in [6, 6.07) is 0. The van der Waals surface area contributed by atoms with Gasteiger partial charge in [-0.1, -0.05) is 11.6 Å². The molecule has 0 amide bonds. The van der Waals surface area contributed by atoms with Gasteiger partial charge < -0.3 is 14.7 Å². The van der Waals surface area contributed by atoms with Gasteiger partial charge in [0.1, 0.15) is 17.3 Å². The van der Waals surface area contributed by atoms with Crippen LogP contribution in [0.2, 0.25) is 5.15 Å². The van der Waals surface area contributed by atoms with E-state index in [0.29, 0.717) is 16.5 Å². The van der Waals surface area contributed by atoms with Crippen LogP contribution < -0.4 is 4.90 Å². The van der Waals surface area contributed by atoms with Gasteiger partial charge in [0.15, 0.2) is 0 Å². The van der Waals surface area contributed by atoms with E-state index in [1.165, 1.54) is 6.33 Å². The van der Waals surface area contributed by atoms with Gasteiger partial charge in [-0.2, -0.15) is 0 Å². The number of aliphatic hydroxyl groups is 1. The van der Waals surface area contributed by atoms with Crippen molar-refractivity contribution in [3.05, 3.63) is 17.0 Å². The first-order valence-corrected chi connectivity index (χ1v) is 6.00. The highest BCUT2D eigenvalue weighted by atomic mass is 35.5. The molecule has 1 N–H and O–H groups in total. The van der Waals surface area contributed by atoms with Crippen LogP contribution in [-0.2, 0) is 11.3 Å². The summed E-state index contributed by atoms with van der Waals surface area (Å²) < 4.78 is 5.66. The molecule has 0 saturated carbocycles. The predicted octanol–water partition coefficient (Wildman–Crippen LogP) is 1.24. The summed E-state index contributed by atoms with van der Waals surface area (Å²) in [5.74, 6) is 0.703. The minimum Gasteiger partial charge on any atom is -0.391 e. The number of aliphatic hydroxyl groups excluding tert-OH is 1. The highest BCUT2D eigenvalue weighted by Gasteiger charge is 2.25. The summed E-state index contributed by atoms with van der Waals surface area (Å²) in [6.07, 6.45) is 1.69. The van der Waals surface area contributed by atoms with Crippen molar-refractivity contribution in [3.8, 4) is 0 Å². The molecule has 2 rings (SSSR count). The predicted molar refractivity (Wildman–Crippen MR) is 65.2 cm³/mol. The Hall–Kier alpha value is -0.910. The molecule has 1 aliphatic heterocycles. The lowest BCUT2D eigenvalue weighted by Crippen LogP contribution is -2.46. The van der Waals surface area contributed by atoms with Crippen molar-refractivity contribution in [2.24, 2.45) is 0 Å². The Balaban J connectivity index is 2.30. The SMILES string of the molecule is C[C@@H]1CN(c2ncnc(Cl)c2CO)C[C@H](C)O1. The molecule has 0 unspecified atom stereocenters. The van der Waals surface area contributed by atoms with Gasteiger partial charge in [0, 0.05) is 13.1 Å². The fraction of sp³-hybridized carbons (Fsp3) is 0.636. The van der Waals surface area contributed by atoms with Crippen molar-refractivity contribution in [1.82, 2.24) is 9.97 Å². The zero-order valence-corrected chi connectivity index (χ0v) is 10.7. The van der Waals surface area contributed by atoms with Gasteiger partial charge in [-0.15, -0.1) is 0 Å². The highest BCUT2D eigenvalue weighted by molar-refractivity contribution is 6.30. The maximum absolute atomic E-state index is 9.34. The molecule has 1 aromatic heterocycles. The van der Waals surface area contributed by atoms with Gasteiger partial charge >= 0.3 is 0 Å². The number of hydrogen-bond acceptors (Lipinski definition) is 5. The Kier molecular flexibility index (Phi) is 3.81. The van der Waals surface area contributed by atoms with Crippen LogP contribution in [-0.4, -0.2) is 40.4 Å². The third-order valence-corrected chi connectivity index (χ3v) is 3.07. The number of nitrogens with zero attached hydrogens (tertiary/aromatic N) is 3. The summed E-state index contributed by atoms with van der Waals surface area (Å²) in [7, 11) is 0. The molecule has 1 aliphatic rings. The molecule has 0 spiro atoms. The molecular formula is C11H16ClN3O2. The Morgan fingerprint density at radius 3 is 2.65 bits per heavy atom. The van der Waals surface area contributed by atoms with Crippen molar-refractivity contribution in [1.29, 1.82) is 0 Å². The third-order valence-electron chi connectivity index (χ3n) is 2.75. The molecule has 2 atom stereocenters. The van der Waals surface area contributed by atoms with Crippen molar-refractivity contribution in [2.75, 3.05) is 18.0 Å². The van der Waals surface area contributed by atoms with E-state index < -0.39 is 0 Å². The minimum atomic E-state index is -0.158. The smallest absolute Gasteiger partial charge is 0.140 e. The highest BCUT2D eigenvalue weighted by Crippen LogP contribution is 2.25. The Labute approximate surface area is 105 Å². The fourth-order valence-electron chi connectivity index (χ4n) is 2.14. The number of halogens is 1. The zero-order valence-electron chi connectivity index (χ0n) is 9.93. The van der Waals surface area contributed by atoms with Gasteiger partial charge in [0.25, 0.3) is 0 Å². The quantitative estimate of drug-likeness (QED) is 0.808. The van der Waals surface area contributed by atoms with Crippen molar-refractivity contribution < 1.29 is 9.84 Å². The maximum Gasteiger partial charge on any atom is 0.140 e. The number of morpholine rings is 1. The topological polar surface area (TPSA) is 58.5 Å². The molecule has 6 heteroatoms. The van der Waals surface area contributed by atoms with E-state index in [4.69, 9.17) is 16.3 Å². The van der Waals surface area contributed by atoms with Crippen LogP contribution in [0.3, 0.4) is 0 Å². The van der Waals surface area contributed by atoms with E-state index in [0.717, 1.165) is 13.1 Å². The summed E-state index contributed by atoms with van der Waals surface area (Å²) in [4.78, 5) is 10.2. The van der Waals surface area contributed by atoms with Crippen LogP contribution in [0.25, 0.3) is 0 Å². The standard InChI is InChI=1S/C11H16ClN3O2/c1-7-3-15(4-8(2)17-7)11-9(5-16)10(12)13-6-14-11/h6-8,16H,3-5H2,1-2H3/t7-,8+. The first-order chi connectivity index (χ1) is 8.11. The van der Waals surface area contributed by atoms with Gasteiger partial charge in [-0.05, 0) is 13.8 Å². The Morgan fingerprint density at radius 1 is 1.41 bits per heavy atom. The number of hydrogen-bond donors (Lipinski definition) is 1. The van der Waals surface area contributed by atoms with Crippen molar-refractivity contribution >= 4 is 17.4 Å². The van der Waals surface area contributed by atoms with Crippen LogP contribution in [0.1, 0.15) is 19.4 Å². The number of ether oxygens (including phenoxy) is 1. The number of rotatable bonds is 2. The number of anilines is 1. The van der Waals surface area contributed by atoms with Crippen LogP contribution in [0.15, 0.2) is 6.33 Å². The molecule has 2 heterocycles. The second kappa shape index (κ2) is 5.16. The summed E-state index contributed by atoms with van der Waals surface area (Å²) in [6.45, 7) is 5.36. The average molecular weight is 258 g/mol. The molecule has 17 heavy (non-hydrogen) atoms. The van der Waals surface area contributed by atoms with Crippen molar-refractivity contribution in [2.45, 2.75) is 32.7 Å². The Morgan fingerprint density at radius 2 is 2.06 bits per heavy atom. The molecule has 0 aliphatic carbocycles. The van der Waals surface area contributed by atoms with Crippen LogP contribution in [0, 0.1) is 0 Å². The van der Waals surface area contributed by atoms with Crippen LogP contribution >= 0.6 is 11.6 Å². The van der Waals surface area contributed by atoms with E-state index in [1.54, 1.807) is 0 Å². The molecular weight excluding hydrogens is 242 g/mol. The molecule has 1 aromatic rings. The minimum absolute atomic E-state index is 0.138. The molecule has 1 saturated heterocycles. The summed E-state index contributed by atoms with van der Waals surface area (Å²) >= 11 is 5.95. The molecule has 0 radical (unpaired) electrons. The zero-order chi connectivity index (χ0) is 12.4. The first-order valence-electron chi connectivity index (χ1n) is 5.62. The summed E-state index contributed by atoms with van der Waals surface area (Å²) in [5, 5.41) is 9.65. The first kappa shape index (κ1) is 12.5. The average Bonchev–Trinajstić information content (AvgIpc) is 2.27. The van der Waals surface area contributed by atoms with Crippen molar-refractivity contribution in [3.63, 3.8) is 0 Å². The third kappa shape index (κ3) is 2.68. The van der Waals surface area contributed by atoms with Crippen LogP contribution in [0.4, 0.5) is 5.82 Å². The van der Waals surface area contributed by atoms with Gasteiger partial charge in [0.05, 0.1) is 24.4 Å². The lowest BCUT2D eigenvalue weighted by molar-refractivity contribution is -0.00557. The van der Waals surface area contributed by atoms with Crippen LogP contribution in [0.5, 0.6) is 0 Å². The van der Waals surface area contributed by atoms with Gasteiger partial charge in [-0.3, -0.25) is 0 Å². The lowest BCUT2D eigenvalue weighted by atomic mass is 10.2. The van der Waals surface area contributed by atoms with Gasteiger partial charge in [0.2, 0.25) is 0 Å². The largest absolute Gasteiger partial charge is 0.391 e. The lowest BCUT2D eigenvalue weighted by Gasteiger charge is -2.36. The molecule has 0 aromatic carbocycles. The normalized spacial score (nSPS) is 25.1. The van der Waals surface area contributed by atoms with E-state index in [9.17, 15) is 5.11 Å². The monoisotopic (exact) mass is 257 g/mol. The maximum atomic E-state index is 9.34. The van der Waals surface area contributed by atoms with E-state index >= 15 is 0 Å². The Bertz CT molecular complexity index is 392. The molecule has 5 nitrogen and oxygen atoms in total. The second-order valence-corrected chi connectivity index (χ2v) is 4.65.